The first-order chi connectivity index (χ1) is 16.2. The summed E-state index contributed by atoms with van der Waals surface area (Å²) in [5, 5.41) is 4.33. The van der Waals surface area contributed by atoms with E-state index in [4.69, 9.17) is 27.9 Å². The van der Waals surface area contributed by atoms with Crippen molar-refractivity contribution in [2.24, 2.45) is 5.92 Å². The molecule has 0 radical (unpaired) electrons. The van der Waals surface area contributed by atoms with Crippen molar-refractivity contribution in [3.8, 4) is 11.1 Å². The minimum Gasteiger partial charge on any atom is -0.469 e. The molecule has 0 saturated heterocycles. The number of halogens is 2. The topological polar surface area (TPSA) is 76.5 Å². The third-order valence-electron chi connectivity index (χ3n) is 5.66. The number of rotatable bonds is 6. The van der Waals surface area contributed by atoms with Crippen molar-refractivity contribution in [2.75, 3.05) is 19.0 Å². The molecule has 1 unspecified atom stereocenters. The Bertz CT molecular complexity index is 1220. The van der Waals surface area contributed by atoms with Gasteiger partial charge in [-0.05, 0) is 43.7 Å². The number of nitrogens with one attached hydrogen (secondary N) is 1. The molecule has 0 bridgehead atoms. The summed E-state index contributed by atoms with van der Waals surface area (Å²) in [4.78, 5) is 32.1. The summed E-state index contributed by atoms with van der Waals surface area (Å²) in [6.07, 6.45) is 3.45. The van der Waals surface area contributed by atoms with Crippen molar-refractivity contribution in [1.29, 1.82) is 0 Å². The maximum Gasteiger partial charge on any atom is 0.312 e. The summed E-state index contributed by atoms with van der Waals surface area (Å²) >= 11 is 12.6. The number of esters is 1. The van der Waals surface area contributed by atoms with E-state index >= 15 is 0 Å². The van der Waals surface area contributed by atoms with Gasteiger partial charge < -0.3 is 19.5 Å². The Morgan fingerprint density at radius 3 is 2.74 bits per heavy atom. The number of carbonyl (C=O) groups is 2. The first-order valence-electron chi connectivity index (χ1n) is 11.0. The van der Waals surface area contributed by atoms with Crippen LogP contribution in [0.2, 0.25) is 10.0 Å². The molecule has 1 atom stereocenters. The van der Waals surface area contributed by atoms with Crippen LogP contribution in [0.25, 0.3) is 11.1 Å². The normalized spacial score (nSPS) is 15.8. The fourth-order valence-electron chi connectivity index (χ4n) is 4.14. The average molecular weight is 501 g/mol. The molecule has 3 aromatic rings. The number of amides is 1. The van der Waals surface area contributed by atoms with Crippen LogP contribution in [0.4, 0.5) is 5.82 Å². The number of ether oxygens (including phenoxy) is 1. The van der Waals surface area contributed by atoms with Gasteiger partial charge in [0.1, 0.15) is 11.5 Å². The zero-order chi connectivity index (χ0) is 24.4. The molecule has 1 aliphatic rings. The van der Waals surface area contributed by atoms with Gasteiger partial charge in [-0.2, -0.15) is 0 Å². The van der Waals surface area contributed by atoms with E-state index < -0.39 is 5.92 Å². The number of benzene rings is 1. The maximum atomic E-state index is 13.6. The van der Waals surface area contributed by atoms with Crippen molar-refractivity contribution >= 4 is 40.9 Å². The lowest BCUT2D eigenvalue weighted by Crippen LogP contribution is -2.36. The number of hydrogen-bond acceptors (Lipinski definition) is 5. The zero-order valence-electron chi connectivity index (χ0n) is 19.2. The van der Waals surface area contributed by atoms with E-state index in [1.807, 2.05) is 54.9 Å². The highest BCUT2D eigenvalue weighted by Crippen LogP contribution is 2.33. The van der Waals surface area contributed by atoms with Gasteiger partial charge in [0.25, 0.3) is 5.91 Å². The highest BCUT2D eigenvalue weighted by Gasteiger charge is 2.33. The predicted molar refractivity (Wildman–Crippen MR) is 133 cm³/mol. The van der Waals surface area contributed by atoms with E-state index in [0.717, 1.165) is 16.7 Å². The van der Waals surface area contributed by atoms with Gasteiger partial charge in [0.05, 0.1) is 18.1 Å². The summed E-state index contributed by atoms with van der Waals surface area (Å²) in [5.74, 6) is -0.362. The molecule has 9 heteroatoms. The standard InChI is InChI=1S/C25H26Cl2N4O3/c1-15(2)29-23-9-20(21(27)10-28-23)17-8-22-24(32)31(11-16-5-4-6-19(26)7-16)14-18(25(33)34-3)13-30(22)12-17/h4-10,12,15,18H,11,13-14H2,1-3H3,(H,28,29). The number of hydrogen-bond donors (Lipinski definition) is 1. The molecule has 7 nitrogen and oxygen atoms in total. The van der Waals surface area contributed by atoms with E-state index in [1.165, 1.54) is 7.11 Å². The summed E-state index contributed by atoms with van der Waals surface area (Å²) < 4.78 is 6.84. The molecule has 0 saturated carbocycles. The Labute approximate surface area is 208 Å². The van der Waals surface area contributed by atoms with Gasteiger partial charge in [0.2, 0.25) is 0 Å². The fourth-order valence-corrected chi connectivity index (χ4v) is 4.56. The molecule has 1 N–H and O–H groups in total. The van der Waals surface area contributed by atoms with Crippen LogP contribution in [0.15, 0.2) is 48.8 Å². The first-order valence-corrected chi connectivity index (χ1v) is 11.7. The molecular weight excluding hydrogens is 475 g/mol. The lowest BCUT2D eigenvalue weighted by atomic mass is 10.1. The van der Waals surface area contributed by atoms with Gasteiger partial charge in [-0.3, -0.25) is 9.59 Å². The smallest absolute Gasteiger partial charge is 0.312 e. The second-order valence-corrected chi connectivity index (χ2v) is 9.49. The molecular formula is C25H26Cl2N4O3. The van der Waals surface area contributed by atoms with E-state index in [9.17, 15) is 9.59 Å². The van der Waals surface area contributed by atoms with E-state index in [2.05, 4.69) is 10.3 Å². The Hall–Kier alpha value is -3.03. The highest BCUT2D eigenvalue weighted by atomic mass is 35.5. The van der Waals surface area contributed by atoms with Crippen molar-refractivity contribution in [3.63, 3.8) is 0 Å². The number of fused-ring (bicyclic) bond motifs is 1. The van der Waals surface area contributed by atoms with Crippen molar-refractivity contribution in [1.82, 2.24) is 14.5 Å². The average Bonchev–Trinajstić information content (AvgIpc) is 3.16. The predicted octanol–water partition coefficient (Wildman–Crippen LogP) is 5.12. The number of methoxy groups -OCH3 is 1. The van der Waals surface area contributed by atoms with Crippen molar-refractivity contribution < 1.29 is 14.3 Å². The second kappa shape index (κ2) is 10.1. The van der Waals surface area contributed by atoms with E-state index in [0.29, 0.717) is 34.6 Å². The molecule has 1 aliphatic heterocycles. The van der Waals surface area contributed by atoms with Gasteiger partial charge in [-0.15, -0.1) is 0 Å². The summed E-state index contributed by atoms with van der Waals surface area (Å²) in [6, 6.07) is 11.2. The summed E-state index contributed by atoms with van der Waals surface area (Å²) in [5.41, 5.74) is 2.89. The van der Waals surface area contributed by atoms with Crippen LogP contribution in [0.5, 0.6) is 0 Å². The number of anilines is 1. The van der Waals surface area contributed by atoms with Crippen LogP contribution in [0, 0.1) is 5.92 Å². The number of nitrogens with zero attached hydrogens (tertiary/aromatic N) is 3. The van der Waals surface area contributed by atoms with Crippen LogP contribution in [0.3, 0.4) is 0 Å². The molecule has 0 aliphatic carbocycles. The monoisotopic (exact) mass is 500 g/mol. The molecule has 2 aromatic heterocycles. The minimum atomic E-state index is -0.513. The van der Waals surface area contributed by atoms with Gasteiger partial charge in [-0.1, -0.05) is 35.3 Å². The fraction of sp³-hybridized carbons (Fsp3) is 0.320. The summed E-state index contributed by atoms with van der Waals surface area (Å²) in [6.45, 7) is 4.94. The largest absolute Gasteiger partial charge is 0.469 e. The summed E-state index contributed by atoms with van der Waals surface area (Å²) in [7, 11) is 1.36. The minimum absolute atomic E-state index is 0.177. The van der Waals surface area contributed by atoms with Gasteiger partial charge in [0.15, 0.2) is 0 Å². The number of pyridine rings is 1. The lowest BCUT2D eigenvalue weighted by molar-refractivity contribution is -0.146. The van der Waals surface area contributed by atoms with Crippen LogP contribution >= 0.6 is 23.2 Å². The molecule has 1 amide bonds. The quantitative estimate of drug-likeness (QED) is 0.475. The second-order valence-electron chi connectivity index (χ2n) is 8.65. The van der Waals surface area contributed by atoms with Gasteiger partial charge in [-0.25, -0.2) is 4.98 Å². The molecule has 1 aromatic carbocycles. The zero-order valence-corrected chi connectivity index (χ0v) is 20.7. The van der Waals surface area contributed by atoms with Crippen molar-refractivity contribution in [3.05, 3.63) is 70.1 Å². The van der Waals surface area contributed by atoms with E-state index in [1.54, 1.807) is 17.2 Å². The lowest BCUT2D eigenvalue weighted by Gasteiger charge is -2.23. The number of aromatic nitrogens is 2. The SMILES string of the molecule is COC(=O)C1CN(Cc2cccc(Cl)c2)C(=O)c2cc(-c3cc(NC(C)C)ncc3Cl)cn2C1. The van der Waals surface area contributed by atoms with Crippen molar-refractivity contribution in [2.45, 2.75) is 33.0 Å². The van der Waals surface area contributed by atoms with Gasteiger partial charge >= 0.3 is 5.97 Å². The Kier molecular flexibility index (Phi) is 7.14. The molecule has 4 rings (SSSR count). The third-order valence-corrected chi connectivity index (χ3v) is 6.20. The Morgan fingerprint density at radius 1 is 1.24 bits per heavy atom. The van der Waals surface area contributed by atoms with Gasteiger partial charge in [0, 0.05) is 54.2 Å². The van der Waals surface area contributed by atoms with Crippen LogP contribution in [0.1, 0.15) is 29.9 Å². The molecule has 178 valence electrons. The number of carbonyl (C=O) groups excluding carboxylic acids is 2. The van der Waals surface area contributed by atoms with Crippen LogP contribution in [-0.2, 0) is 22.6 Å². The van der Waals surface area contributed by atoms with E-state index in [-0.39, 0.29) is 24.5 Å². The molecule has 34 heavy (non-hydrogen) atoms. The Balaban J connectivity index is 1.73. The molecule has 3 heterocycles. The molecule has 0 fully saturated rings. The van der Waals surface area contributed by atoms with Crippen LogP contribution in [-0.4, -0.2) is 46.0 Å². The third kappa shape index (κ3) is 5.21. The highest BCUT2D eigenvalue weighted by molar-refractivity contribution is 6.33. The maximum absolute atomic E-state index is 13.6. The first kappa shape index (κ1) is 24.1. The Morgan fingerprint density at radius 2 is 2.03 bits per heavy atom. The van der Waals surface area contributed by atoms with Crippen LogP contribution < -0.4 is 5.32 Å². The molecule has 0 spiro atoms.